The predicted molar refractivity (Wildman–Crippen MR) is 169 cm³/mol. The van der Waals surface area contributed by atoms with Crippen LogP contribution in [-0.2, 0) is 27.9 Å². The van der Waals surface area contributed by atoms with Gasteiger partial charge in [-0.1, -0.05) is 42.5 Å². The van der Waals surface area contributed by atoms with Crippen LogP contribution in [0.5, 0.6) is 5.75 Å². The number of ether oxygens (including phenoxy) is 1. The zero-order valence-electron chi connectivity index (χ0n) is 24.6. The molecule has 0 spiro atoms. The molecule has 11 heteroatoms. The molecule has 1 aliphatic rings. The van der Waals surface area contributed by atoms with Crippen molar-refractivity contribution in [1.29, 1.82) is 0 Å². The van der Waals surface area contributed by atoms with Gasteiger partial charge in [0.1, 0.15) is 5.75 Å². The number of carbonyl (C=O) groups is 2. The van der Waals surface area contributed by atoms with Crippen molar-refractivity contribution in [3.63, 3.8) is 0 Å². The number of hydrogen-bond acceptors (Lipinski definition) is 6. The standard InChI is InChI=1S/C33H36N4O6S/c1-24-8-2-3-14-31(24)43-18-7-15-32(38)37-17-6-12-29-28(11-5-13-30(29)37)27-21-35-36(23-27)22-25-9-4-10-26(20-25)33(39)34-16-19-44(40,41)42/h2-5,8-11,13-14,20-21,23H,6-7,12,15-19,22H2,1H3,(H,34,39)(H,40,41,42). The van der Waals surface area contributed by atoms with Crippen molar-refractivity contribution in [3.05, 3.63) is 101 Å². The molecule has 230 valence electrons. The van der Waals surface area contributed by atoms with Gasteiger partial charge in [0.2, 0.25) is 5.91 Å². The molecule has 0 aliphatic carbocycles. The third-order valence-corrected chi connectivity index (χ3v) is 8.28. The Morgan fingerprint density at radius 2 is 1.89 bits per heavy atom. The lowest BCUT2D eigenvalue weighted by Gasteiger charge is -2.31. The minimum Gasteiger partial charge on any atom is -0.493 e. The van der Waals surface area contributed by atoms with Gasteiger partial charge in [-0.05, 0) is 72.7 Å². The quantitative estimate of drug-likeness (QED) is 0.175. The molecule has 5 rings (SSSR count). The van der Waals surface area contributed by atoms with Crippen molar-refractivity contribution < 1.29 is 27.3 Å². The molecule has 4 aromatic rings. The van der Waals surface area contributed by atoms with Crippen LogP contribution >= 0.6 is 0 Å². The third kappa shape index (κ3) is 7.91. The van der Waals surface area contributed by atoms with Crippen molar-refractivity contribution in [1.82, 2.24) is 15.1 Å². The van der Waals surface area contributed by atoms with Gasteiger partial charge in [-0.3, -0.25) is 18.8 Å². The number of aromatic nitrogens is 2. The van der Waals surface area contributed by atoms with Gasteiger partial charge in [0.15, 0.2) is 0 Å². The fourth-order valence-corrected chi connectivity index (χ4v) is 5.76. The van der Waals surface area contributed by atoms with E-state index in [2.05, 4.69) is 16.5 Å². The molecule has 10 nitrogen and oxygen atoms in total. The first-order chi connectivity index (χ1) is 21.2. The van der Waals surface area contributed by atoms with Gasteiger partial charge in [-0.25, -0.2) is 0 Å². The number of amides is 2. The van der Waals surface area contributed by atoms with Gasteiger partial charge in [-0.2, -0.15) is 13.5 Å². The van der Waals surface area contributed by atoms with E-state index in [1.165, 1.54) is 0 Å². The van der Waals surface area contributed by atoms with E-state index >= 15 is 0 Å². The van der Waals surface area contributed by atoms with E-state index in [9.17, 15) is 18.0 Å². The summed E-state index contributed by atoms with van der Waals surface area (Å²) in [5.74, 6) is -0.0347. The molecule has 0 atom stereocenters. The van der Waals surface area contributed by atoms with Crippen LogP contribution in [0.15, 0.2) is 79.1 Å². The van der Waals surface area contributed by atoms with Crippen LogP contribution in [0.4, 0.5) is 5.69 Å². The fourth-order valence-electron chi connectivity index (χ4n) is 5.40. The number of hydrogen-bond donors (Lipinski definition) is 2. The van der Waals surface area contributed by atoms with E-state index in [-0.39, 0.29) is 12.5 Å². The van der Waals surface area contributed by atoms with E-state index < -0.39 is 21.8 Å². The average Bonchev–Trinajstić information content (AvgIpc) is 3.47. The van der Waals surface area contributed by atoms with Crippen LogP contribution in [0.2, 0.25) is 0 Å². The highest BCUT2D eigenvalue weighted by molar-refractivity contribution is 7.85. The highest BCUT2D eigenvalue weighted by Gasteiger charge is 2.25. The predicted octanol–water partition coefficient (Wildman–Crippen LogP) is 4.66. The monoisotopic (exact) mass is 616 g/mol. The van der Waals surface area contributed by atoms with Crippen LogP contribution in [-0.4, -0.2) is 60.0 Å². The molecule has 0 fully saturated rings. The first-order valence-electron chi connectivity index (χ1n) is 14.6. The summed E-state index contributed by atoms with van der Waals surface area (Å²) >= 11 is 0. The second-order valence-electron chi connectivity index (χ2n) is 10.8. The molecule has 0 saturated carbocycles. The third-order valence-electron chi connectivity index (χ3n) is 7.56. The number of nitrogens with zero attached hydrogens (tertiary/aromatic N) is 3. The minimum atomic E-state index is -4.15. The summed E-state index contributed by atoms with van der Waals surface area (Å²) in [5.41, 5.74) is 6.37. The van der Waals surface area contributed by atoms with E-state index in [4.69, 9.17) is 9.29 Å². The molecular weight excluding hydrogens is 580 g/mol. The summed E-state index contributed by atoms with van der Waals surface area (Å²) in [6, 6.07) is 20.9. The number of benzene rings is 3. The van der Waals surface area contributed by atoms with E-state index in [1.807, 2.05) is 66.7 Å². The number of para-hydroxylation sites is 1. The molecule has 1 aliphatic heterocycles. The maximum atomic E-state index is 13.3. The number of aryl methyl sites for hydroxylation is 1. The summed E-state index contributed by atoms with van der Waals surface area (Å²) in [6.45, 7) is 3.42. The normalized spacial score (nSPS) is 12.9. The lowest BCUT2D eigenvalue weighted by Crippen LogP contribution is -2.35. The molecular formula is C33H36N4O6S. The molecule has 1 aromatic heterocycles. The largest absolute Gasteiger partial charge is 0.493 e. The van der Waals surface area contributed by atoms with Gasteiger partial charge in [-0.15, -0.1) is 0 Å². The van der Waals surface area contributed by atoms with Crippen LogP contribution in [0.1, 0.15) is 46.3 Å². The number of nitrogens with one attached hydrogen (secondary N) is 1. The van der Waals surface area contributed by atoms with Crippen LogP contribution in [0.25, 0.3) is 11.1 Å². The Morgan fingerprint density at radius 3 is 2.70 bits per heavy atom. The van der Waals surface area contributed by atoms with Gasteiger partial charge in [0.05, 0.1) is 25.1 Å². The van der Waals surface area contributed by atoms with E-state index in [0.29, 0.717) is 38.1 Å². The van der Waals surface area contributed by atoms with Crippen molar-refractivity contribution in [2.75, 3.05) is 30.3 Å². The van der Waals surface area contributed by atoms with Crippen LogP contribution < -0.4 is 15.0 Å². The minimum absolute atomic E-state index is 0.0917. The van der Waals surface area contributed by atoms with Gasteiger partial charge >= 0.3 is 0 Å². The SMILES string of the molecule is Cc1ccccc1OCCCC(=O)N1CCCc2c(-c3cnn(Cc4cccc(C(=O)NCCS(=O)(=O)O)c4)c3)cccc21. The van der Waals surface area contributed by atoms with Crippen LogP contribution in [0, 0.1) is 6.92 Å². The summed E-state index contributed by atoms with van der Waals surface area (Å²) in [6.07, 6.45) is 6.56. The molecule has 0 saturated heterocycles. The molecule has 2 heterocycles. The molecule has 0 bridgehead atoms. The molecule has 2 N–H and O–H groups in total. The van der Waals surface area contributed by atoms with Crippen LogP contribution in [0.3, 0.4) is 0 Å². The highest BCUT2D eigenvalue weighted by Crippen LogP contribution is 2.36. The van der Waals surface area contributed by atoms with Crippen molar-refractivity contribution >= 4 is 27.6 Å². The average molecular weight is 617 g/mol. The number of carbonyl (C=O) groups excluding carboxylic acids is 2. The lowest BCUT2D eigenvalue weighted by molar-refractivity contribution is -0.118. The first-order valence-corrected chi connectivity index (χ1v) is 16.2. The maximum absolute atomic E-state index is 13.3. The molecule has 0 radical (unpaired) electrons. The topological polar surface area (TPSA) is 131 Å². The fraction of sp³-hybridized carbons (Fsp3) is 0.303. The highest BCUT2D eigenvalue weighted by atomic mass is 32.2. The summed E-state index contributed by atoms with van der Waals surface area (Å²) < 4.78 is 38.4. The molecule has 2 amide bonds. The number of anilines is 1. The smallest absolute Gasteiger partial charge is 0.266 e. The maximum Gasteiger partial charge on any atom is 0.266 e. The van der Waals surface area contributed by atoms with Crippen molar-refractivity contribution in [3.8, 4) is 16.9 Å². The zero-order valence-corrected chi connectivity index (χ0v) is 25.4. The second kappa shape index (κ2) is 13.9. The first kappa shape index (κ1) is 31.0. The molecule has 44 heavy (non-hydrogen) atoms. The van der Waals surface area contributed by atoms with Gasteiger partial charge < -0.3 is 15.0 Å². The Kier molecular flexibility index (Phi) is 9.76. The second-order valence-corrected chi connectivity index (χ2v) is 12.4. The molecule has 0 unspecified atom stereocenters. The summed E-state index contributed by atoms with van der Waals surface area (Å²) in [5, 5.41) is 7.05. The summed E-state index contributed by atoms with van der Waals surface area (Å²) in [4.78, 5) is 27.6. The zero-order chi connectivity index (χ0) is 31.1. The van der Waals surface area contributed by atoms with Gasteiger partial charge in [0.25, 0.3) is 16.0 Å². The number of rotatable bonds is 12. The van der Waals surface area contributed by atoms with E-state index in [0.717, 1.165) is 52.1 Å². The molecule has 3 aromatic carbocycles. The lowest BCUT2D eigenvalue weighted by atomic mass is 9.93. The Morgan fingerprint density at radius 1 is 1.07 bits per heavy atom. The van der Waals surface area contributed by atoms with Gasteiger partial charge in [0, 0.05) is 42.5 Å². The Labute approximate surface area is 257 Å². The van der Waals surface area contributed by atoms with Crippen molar-refractivity contribution in [2.24, 2.45) is 0 Å². The Balaban J connectivity index is 1.22. The Bertz CT molecular complexity index is 1750. The van der Waals surface area contributed by atoms with Crippen molar-refractivity contribution in [2.45, 2.75) is 39.2 Å². The number of fused-ring (bicyclic) bond motifs is 1. The Hall–Kier alpha value is -4.48. The summed E-state index contributed by atoms with van der Waals surface area (Å²) in [7, 11) is -4.15. The van der Waals surface area contributed by atoms with E-state index in [1.54, 1.807) is 22.9 Å².